The van der Waals surface area contributed by atoms with Crippen molar-refractivity contribution < 1.29 is 4.79 Å². The maximum atomic E-state index is 11.5. The van der Waals surface area contributed by atoms with Gasteiger partial charge in [-0.2, -0.15) is 0 Å². The van der Waals surface area contributed by atoms with E-state index in [9.17, 15) is 4.79 Å². The average Bonchev–Trinajstić information content (AvgIpc) is 3.11. The molecule has 96 valence electrons. The molecule has 0 aromatic heterocycles. The van der Waals surface area contributed by atoms with Gasteiger partial charge in [-0.15, -0.1) is 0 Å². The fourth-order valence-corrected chi connectivity index (χ4v) is 1.80. The van der Waals surface area contributed by atoms with Crippen LogP contribution in [0.15, 0.2) is 24.3 Å². The highest BCUT2D eigenvalue weighted by Crippen LogP contribution is 2.19. The smallest absolute Gasteiger partial charge is 0.220 e. The molecule has 1 aliphatic carbocycles. The minimum absolute atomic E-state index is 0.142. The maximum Gasteiger partial charge on any atom is 0.220 e. The first-order chi connectivity index (χ1) is 8.63. The highest BCUT2D eigenvalue weighted by molar-refractivity contribution is 7.80. The monoisotopic (exact) mass is 263 g/mol. The zero-order valence-corrected chi connectivity index (χ0v) is 10.9. The molecule has 0 bridgehead atoms. The molecular formula is C13H17N3OS. The van der Waals surface area contributed by atoms with Crippen LogP contribution in [0, 0.1) is 0 Å². The van der Waals surface area contributed by atoms with Gasteiger partial charge in [-0.3, -0.25) is 4.79 Å². The Bertz CT molecular complexity index is 440. The van der Waals surface area contributed by atoms with Crippen LogP contribution in [0.2, 0.25) is 0 Å². The van der Waals surface area contributed by atoms with Gasteiger partial charge in [-0.05, 0) is 49.2 Å². The van der Waals surface area contributed by atoms with E-state index in [2.05, 4.69) is 10.6 Å². The Balaban J connectivity index is 1.78. The number of benzene rings is 1. The highest BCUT2D eigenvalue weighted by atomic mass is 32.1. The second-order valence-electron chi connectivity index (χ2n) is 4.53. The van der Waals surface area contributed by atoms with Crippen molar-refractivity contribution in [1.82, 2.24) is 5.32 Å². The van der Waals surface area contributed by atoms with Crippen LogP contribution in [0.5, 0.6) is 0 Å². The summed E-state index contributed by atoms with van der Waals surface area (Å²) in [6, 6.07) is 8.21. The van der Waals surface area contributed by atoms with E-state index in [0.717, 1.165) is 30.5 Å². The van der Waals surface area contributed by atoms with Gasteiger partial charge in [0.2, 0.25) is 5.91 Å². The molecule has 1 aliphatic rings. The number of thiocarbonyl (C=S) groups is 1. The molecule has 18 heavy (non-hydrogen) atoms. The molecule has 0 saturated heterocycles. The first kappa shape index (κ1) is 12.8. The minimum Gasteiger partial charge on any atom is -0.376 e. The molecule has 0 spiro atoms. The summed E-state index contributed by atoms with van der Waals surface area (Å²) in [5, 5.41) is 6.09. The van der Waals surface area contributed by atoms with Gasteiger partial charge in [0, 0.05) is 18.2 Å². The quantitative estimate of drug-likeness (QED) is 0.705. The summed E-state index contributed by atoms with van der Waals surface area (Å²) in [6.07, 6.45) is 3.56. The van der Waals surface area contributed by atoms with E-state index >= 15 is 0 Å². The second-order valence-corrected chi connectivity index (χ2v) is 4.97. The molecule has 1 saturated carbocycles. The lowest BCUT2D eigenvalue weighted by atomic mass is 10.1. The molecule has 5 heteroatoms. The first-order valence-corrected chi connectivity index (χ1v) is 6.49. The summed E-state index contributed by atoms with van der Waals surface area (Å²) in [4.78, 5) is 11.5. The van der Waals surface area contributed by atoms with Crippen LogP contribution in [0.25, 0.3) is 0 Å². The molecule has 0 heterocycles. The first-order valence-electron chi connectivity index (χ1n) is 6.08. The molecular weight excluding hydrogens is 246 g/mol. The minimum atomic E-state index is 0.142. The molecule has 2 rings (SSSR count). The van der Waals surface area contributed by atoms with Gasteiger partial charge in [0.15, 0.2) is 5.11 Å². The third-order valence-electron chi connectivity index (χ3n) is 2.80. The van der Waals surface area contributed by atoms with Crippen molar-refractivity contribution in [2.75, 3.05) is 5.32 Å². The lowest BCUT2D eigenvalue weighted by Crippen LogP contribution is -2.25. The van der Waals surface area contributed by atoms with E-state index in [4.69, 9.17) is 18.0 Å². The van der Waals surface area contributed by atoms with Gasteiger partial charge in [-0.25, -0.2) is 0 Å². The van der Waals surface area contributed by atoms with Crippen molar-refractivity contribution in [3.05, 3.63) is 29.8 Å². The van der Waals surface area contributed by atoms with E-state index in [1.807, 2.05) is 24.3 Å². The number of aryl methyl sites for hydroxylation is 1. The zero-order valence-electron chi connectivity index (χ0n) is 10.1. The topological polar surface area (TPSA) is 67.1 Å². The Labute approximate surface area is 112 Å². The van der Waals surface area contributed by atoms with E-state index < -0.39 is 0 Å². The summed E-state index contributed by atoms with van der Waals surface area (Å²) < 4.78 is 0. The lowest BCUT2D eigenvalue weighted by Gasteiger charge is -2.06. The maximum absolute atomic E-state index is 11.5. The summed E-state index contributed by atoms with van der Waals surface area (Å²) in [7, 11) is 0. The predicted molar refractivity (Wildman–Crippen MR) is 76.3 cm³/mol. The molecule has 4 nitrogen and oxygen atoms in total. The average molecular weight is 263 g/mol. The normalized spacial score (nSPS) is 14.0. The van der Waals surface area contributed by atoms with Crippen molar-refractivity contribution in [3.8, 4) is 0 Å². The number of hydrogen-bond donors (Lipinski definition) is 3. The largest absolute Gasteiger partial charge is 0.376 e. The third-order valence-corrected chi connectivity index (χ3v) is 2.91. The Morgan fingerprint density at radius 2 is 2.00 bits per heavy atom. The molecule has 4 N–H and O–H groups in total. The molecule has 1 aromatic rings. The third kappa shape index (κ3) is 4.33. The van der Waals surface area contributed by atoms with Crippen molar-refractivity contribution >= 4 is 28.9 Å². The zero-order chi connectivity index (χ0) is 13.0. The number of amides is 1. The molecule has 0 radical (unpaired) electrons. The predicted octanol–water partition coefficient (Wildman–Crippen LogP) is 1.55. The number of anilines is 1. The van der Waals surface area contributed by atoms with Crippen molar-refractivity contribution in [1.29, 1.82) is 0 Å². The summed E-state index contributed by atoms with van der Waals surface area (Å²) in [5.74, 6) is 0.142. The van der Waals surface area contributed by atoms with E-state index in [1.165, 1.54) is 0 Å². The fourth-order valence-electron chi connectivity index (χ4n) is 1.68. The number of hydrogen-bond acceptors (Lipinski definition) is 2. The number of nitrogens with two attached hydrogens (primary N) is 1. The van der Waals surface area contributed by atoms with Gasteiger partial charge in [0.25, 0.3) is 0 Å². The second kappa shape index (κ2) is 5.82. The fraction of sp³-hybridized carbons (Fsp3) is 0.385. The Kier molecular flexibility index (Phi) is 4.15. The van der Waals surface area contributed by atoms with Crippen molar-refractivity contribution in [3.63, 3.8) is 0 Å². The molecule has 1 amide bonds. The molecule has 1 fully saturated rings. The highest BCUT2D eigenvalue weighted by Gasteiger charge is 2.22. The van der Waals surface area contributed by atoms with Crippen LogP contribution in [0.4, 0.5) is 5.69 Å². The van der Waals surface area contributed by atoms with Crippen molar-refractivity contribution in [2.24, 2.45) is 5.73 Å². The molecule has 0 atom stereocenters. The molecule has 0 aliphatic heterocycles. The van der Waals surface area contributed by atoms with Crippen LogP contribution in [-0.2, 0) is 11.2 Å². The number of carbonyl (C=O) groups excluding carboxylic acids is 1. The van der Waals surface area contributed by atoms with Crippen LogP contribution >= 0.6 is 12.2 Å². The van der Waals surface area contributed by atoms with Crippen LogP contribution in [0.1, 0.15) is 24.8 Å². The lowest BCUT2D eigenvalue weighted by molar-refractivity contribution is -0.121. The molecule has 1 aromatic carbocycles. The van der Waals surface area contributed by atoms with E-state index in [-0.39, 0.29) is 11.0 Å². The van der Waals surface area contributed by atoms with Crippen molar-refractivity contribution in [2.45, 2.75) is 31.7 Å². The van der Waals surface area contributed by atoms with Gasteiger partial charge in [0.1, 0.15) is 0 Å². The number of carbonyl (C=O) groups is 1. The summed E-state index contributed by atoms with van der Waals surface area (Å²) in [6.45, 7) is 0. The summed E-state index contributed by atoms with van der Waals surface area (Å²) >= 11 is 4.76. The van der Waals surface area contributed by atoms with Gasteiger partial charge in [0.05, 0.1) is 0 Å². The number of rotatable bonds is 5. The standard InChI is InChI=1S/C13H17N3OS/c14-13(18)16-11-4-1-9(2-5-11)3-8-12(17)15-10-6-7-10/h1-2,4-5,10H,3,6-8H2,(H,15,17)(H3,14,16,18). The Morgan fingerprint density at radius 1 is 1.33 bits per heavy atom. The van der Waals surface area contributed by atoms with Gasteiger partial charge >= 0.3 is 0 Å². The van der Waals surface area contributed by atoms with E-state index in [1.54, 1.807) is 0 Å². The van der Waals surface area contributed by atoms with E-state index in [0.29, 0.717) is 12.5 Å². The SMILES string of the molecule is NC(=S)Nc1ccc(CCC(=O)NC2CC2)cc1. The van der Waals surface area contributed by atoms with Gasteiger partial charge < -0.3 is 16.4 Å². The van der Waals surface area contributed by atoms with Crippen LogP contribution in [-0.4, -0.2) is 17.1 Å². The van der Waals surface area contributed by atoms with Crippen LogP contribution < -0.4 is 16.4 Å². The Hall–Kier alpha value is -1.62. The number of nitrogens with one attached hydrogen (secondary N) is 2. The summed E-state index contributed by atoms with van der Waals surface area (Å²) in [5.41, 5.74) is 7.38. The Morgan fingerprint density at radius 3 is 2.56 bits per heavy atom. The van der Waals surface area contributed by atoms with Crippen LogP contribution in [0.3, 0.4) is 0 Å². The van der Waals surface area contributed by atoms with Gasteiger partial charge in [-0.1, -0.05) is 12.1 Å². The molecule has 0 unspecified atom stereocenters.